The third kappa shape index (κ3) is 2.28. The van der Waals surface area contributed by atoms with E-state index in [0.717, 1.165) is 11.1 Å². The summed E-state index contributed by atoms with van der Waals surface area (Å²) in [5.74, 6) is 0.865. The van der Waals surface area contributed by atoms with Crippen molar-refractivity contribution in [3.8, 4) is 22.9 Å². The lowest BCUT2D eigenvalue weighted by atomic mass is 10.1. The van der Waals surface area contributed by atoms with Gasteiger partial charge in [-0.25, -0.2) is 0 Å². The van der Waals surface area contributed by atoms with Crippen LogP contribution in [0.4, 0.5) is 0 Å². The van der Waals surface area contributed by atoms with Crippen LogP contribution in [0.25, 0.3) is 11.1 Å². The molecule has 1 N–H and O–H groups in total. The molecule has 0 bridgehead atoms. The number of aromatic nitrogens is 1. The summed E-state index contributed by atoms with van der Waals surface area (Å²) in [4.78, 5) is 4.25. The average molecular weight is 245 g/mol. The maximum Gasteiger partial charge on any atom is 0.224 e. The summed E-state index contributed by atoms with van der Waals surface area (Å²) in [6.45, 7) is -0.125. The lowest BCUT2D eigenvalue weighted by Gasteiger charge is -2.12. The second-order valence-electron chi connectivity index (χ2n) is 3.74. The van der Waals surface area contributed by atoms with E-state index in [1.54, 1.807) is 7.11 Å². The van der Waals surface area contributed by atoms with E-state index in [-0.39, 0.29) is 6.61 Å². The largest absolute Gasteiger partial charge is 0.481 e. The maximum absolute atomic E-state index is 9.32. The van der Waals surface area contributed by atoms with Gasteiger partial charge in [-0.15, -0.1) is 0 Å². The Labute approximate surface area is 106 Å². The van der Waals surface area contributed by atoms with Crippen molar-refractivity contribution in [2.24, 2.45) is 0 Å². The summed E-state index contributed by atoms with van der Waals surface area (Å²) >= 11 is 0. The molecule has 1 heterocycles. The molecule has 0 unspecified atom stereocenters. The fourth-order valence-electron chi connectivity index (χ4n) is 1.79. The molecule has 0 amide bonds. The number of hydrogen-bond donors (Lipinski definition) is 1. The third-order valence-electron chi connectivity index (χ3n) is 2.67. The summed E-state index contributed by atoms with van der Waals surface area (Å²) in [6.07, 6.45) is 0. The number of rotatable bonds is 4. The van der Waals surface area contributed by atoms with Gasteiger partial charge in [0.1, 0.15) is 0 Å². The Hall–Kier alpha value is -2.07. The van der Waals surface area contributed by atoms with Gasteiger partial charge < -0.3 is 14.6 Å². The van der Waals surface area contributed by atoms with E-state index in [4.69, 9.17) is 9.47 Å². The summed E-state index contributed by atoms with van der Waals surface area (Å²) in [6, 6.07) is 11.6. The maximum atomic E-state index is 9.32. The van der Waals surface area contributed by atoms with Gasteiger partial charge in [0, 0.05) is 11.1 Å². The Morgan fingerprint density at radius 2 is 1.72 bits per heavy atom. The molecule has 4 heteroatoms. The number of methoxy groups -OCH3 is 2. The Morgan fingerprint density at radius 1 is 1.06 bits per heavy atom. The van der Waals surface area contributed by atoms with Gasteiger partial charge in [-0.1, -0.05) is 30.3 Å². The topological polar surface area (TPSA) is 51.6 Å². The van der Waals surface area contributed by atoms with E-state index in [1.807, 2.05) is 36.4 Å². The van der Waals surface area contributed by atoms with Gasteiger partial charge in [0.15, 0.2) is 0 Å². The van der Waals surface area contributed by atoms with Crippen LogP contribution in [0.1, 0.15) is 5.56 Å². The number of nitrogens with zero attached hydrogens (tertiary/aromatic N) is 1. The van der Waals surface area contributed by atoms with Crippen LogP contribution in [0, 0.1) is 0 Å². The molecule has 0 aliphatic heterocycles. The Bertz CT molecular complexity index is 526. The fraction of sp³-hybridized carbons (Fsp3) is 0.214. The molecular formula is C14H15NO3. The van der Waals surface area contributed by atoms with Gasteiger partial charge in [0.2, 0.25) is 11.8 Å². The molecular weight excluding hydrogens is 230 g/mol. The van der Waals surface area contributed by atoms with Crippen LogP contribution in [-0.2, 0) is 6.61 Å². The highest BCUT2D eigenvalue weighted by Gasteiger charge is 2.13. The Balaban J connectivity index is 2.59. The number of aliphatic hydroxyl groups is 1. The van der Waals surface area contributed by atoms with Crippen LogP contribution in [0.2, 0.25) is 0 Å². The second-order valence-corrected chi connectivity index (χ2v) is 3.74. The number of hydrogen-bond acceptors (Lipinski definition) is 4. The zero-order valence-corrected chi connectivity index (χ0v) is 10.4. The van der Waals surface area contributed by atoms with E-state index in [1.165, 1.54) is 7.11 Å². The summed E-state index contributed by atoms with van der Waals surface area (Å²) in [5, 5.41) is 9.32. The molecule has 18 heavy (non-hydrogen) atoms. The van der Waals surface area contributed by atoms with Crippen molar-refractivity contribution in [3.63, 3.8) is 0 Å². The first-order valence-electron chi connectivity index (χ1n) is 5.58. The Kier molecular flexibility index (Phi) is 3.79. The fourth-order valence-corrected chi connectivity index (χ4v) is 1.79. The minimum atomic E-state index is -0.125. The molecule has 4 nitrogen and oxygen atoms in total. The highest BCUT2D eigenvalue weighted by atomic mass is 16.5. The van der Waals surface area contributed by atoms with Crippen LogP contribution in [0.15, 0.2) is 36.4 Å². The molecule has 2 rings (SSSR count). The SMILES string of the molecule is COc1nc(OC)c(-c2ccccc2)cc1CO. The van der Waals surface area contributed by atoms with Gasteiger partial charge in [-0.05, 0) is 11.6 Å². The van der Waals surface area contributed by atoms with Crippen molar-refractivity contribution in [2.45, 2.75) is 6.61 Å². The molecule has 0 radical (unpaired) electrons. The van der Waals surface area contributed by atoms with E-state index in [0.29, 0.717) is 17.3 Å². The highest BCUT2D eigenvalue weighted by molar-refractivity contribution is 5.70. The second kappa shape index (κ2) is 5.51. The molecule has 0 fully saturated rings. The molecule has 0 aliphatic carbocycles. The van der Waals surface area contributed by atoms with Gasteiger partial charge in [-0.3, -0.25) is 0 Å². The third-order valence-corrected chi connectivity index (χ3v) is 2.67. The van der Waals surface area contributed by atoms with Crippen molar-refractivity contribution in [1.82, 2.24) is 4.98 Å². The van der Waals surface area contributed by atoms with Gasteiger partial charge in [0.25, 0.3) is 0 Å². The number of ether oxygens (including phenoxy) is 2. The van der Waals surface area contributed by atoms with Crippen molar-refractivity contribution in [1.29, 1.82) is 0 Å². The lowest BCUT2D eigenvalue weighted by molar-refractivity contribution is 0.270. The first-order valence-corrected chi connectivity index (χ1v) is 5.58. The average Bonchev–Trinajstić information content (AvgIpc) is 2.46. The summed E-state index contributed by atoms with van der Waals surface area (Å²) in [7, 11) is 3.08. The molecule has 0 atom stereocenters. The van der Waals surface area contributed by atoms with Crippen molar-refractivity contribution < 1.29 is 14.6 Å². The highest BCUT2D eigenvalue weighted by Crippen LogP contribution is 2.32. The van der Waals surface area contributed by atoms with Crippen LogP contribution in [0.5, 0.6) is 11.8 Å². The molecule has 2 aromatic rings. The van der Waals surface area contributed by atoms with Gasteiger partial charge in [-0.2, -0.15) is 4.98 Å². The minimum Gasteiger partial charge on any atom is -0.481 e. The predicted octanol–water partition coefficient (Wildman–Crippen LogP) is 2.26. The van der Waals surface area contributed by atoms with Crippen LogP contribution >= 0.6 is 0 Å². The van der Waals surface area contributed by atoms with Crippen molar-refractivity contribution in [3.05, 3.63) is 42.0 Å². The molecule has 0 saturated heterocycles. The van der Waals surface area contributed by atoms with Crippen LogP contribution in [0.3, 0.4) is 0 Å². The van der Waals surface area contributed by atoms with Crippen LogP contribution in [-0.4, -0.2) is 24.3 Å². The molecule has 0 saturated carbocycles. The van der Waals surface area contributed by atoms with Gasteiger partial charge >= 0.3 is 0 Å². The van der Waals surface area contributed by atoms with Gasteiger partial charge in [0.05, 0.1) is 20.8 Å². The Morgan fingerprint density at radius 3 is 2.28 bits per heavy atom. The first-order chi connectivity index (χ1) is 8.80. The minimum absolute atomic E-state index is 0.125. The molecule has 1 aromatic carbocycles. The van der Waals surface area contributed by atoms with E-state index in [9.17, 15) is 5.11 Å². The number of pyridine rings is 1. The van der Waals surface area contributed by atoms with Crippen LogP contribution < -0.4 is 9.47 Å². The first kappa shape index (κ1) is 12.4. The monoisotopic (exact) mass is 245 g/mol. The number of aliphatic hydroxyl groups excluding tert-OH is 1. The smallest absolute Gasteiger partial charge is 0.224 e. The quantitative estimate of drug-likeness (QED) is 0.897. The lowest BCUT2D eigenvalue weighted by Crippen LogP contribution is -2.00. The summed E-state index contributed by atoms with van der Waals surface area (Å²) < 4.78 is 10.4. The van der Waals surface area contributed by atoms with E-state index >= 15 is 0 Å². The van der Waals surface area contributed by atoms with E-state index in [2.05, 4.69) is 4.98 Å². The normalized spacial score (nSPS) is 10.2. The van der Waals surface area contributed by atoms with Crippen molar-refractivity contribution in [2.75, 3.05) is 14.2 Å². The molecule has 0 aliphatic rings. The van der Waals surface area contributed by atoms with E-state index < -0.39 is 0 Å². The summed E-state index contributed by atoms with van der Waals surface area (Å²) in [5.41, 5.74) is 2.46. The number of benzene rings is 1. The molecule has 0 spiro atoms. The standard InChI is InChI=1S/C14H15NO3/c1-17-13-11(9-16)8-12(14(15-13)18-2)10-6-4-3-5-7-10/h3-8,16H,9H2,1-2H3. The molecule has 1 aromatic heterocycles. The van der Waals surface area contributed by atoms with Crippen molar-refractivity contribution >= 4 is 0 Å². The zero-order valence-electron chi connectivity index (χ0n) is 10.4. The zero-order chi connectivity index (χ0) is 13.0. The molecule has 94 valence electrons. The predicted molar refractivity (Wildman–Crippen MR) is 68.7 cm³/mol.